The van der Waals surface area contributed by atoms with Gasteiger partial charge in [-0.1, -0.05) is 41.4 Å². The molecule has 0 fully saturated rings. The molecule has 2 aromatic rings. The number of amides is 2. The van der Waals surface area contributed by atoms with E-state index in [2.05, 4.69) is 5.32 Å². The number of rotatable bonds is 3. The number of hydrogen-bond donors (Lipinski definition) is 1. The number of urea groups is 1. The molecular formula is C16H17ClN2O. The summed E-state index contributed by atoms with van der Waals surface area (Å²) in [5, 5.41) is 3.56. The van der Waals surface area contributed by atoms with Crippen LogP contribution in [-0.4, -0.2) is 18.0 Å². The van der Waals surface area contributed by atoms with E-state index in [4.69, 9.17) is 11.6 Å². The molecule has 0 radical (unpaired) electrons. The van der Waals surface area contributed by atoms with Gasteiger partial charge < -0.3 is 10.2 Å². The van der Waals surface area contributed by atoms with Crippen LogP contribution in [0.4, 0.5) is 10.5 Å². The molecule has 0 aliphatic carbocycles. The van der Waals surface area contributed by atoms with Gasteiger partial charge >= 0.3 is 6.03 Å². The molecule has 0 unspecified atom stereocenters. The van der Waals surface area contributed by atoms with Crippen molar-refractivity contribution in [3.63, 3.8) is 0 Å². The number of aryl methyl sites for hydroxylation is 1. The van der Waals surface area contributed by atoms with Crippen molar-refractivity contribution < 1.29 is 4.79 Å². The van der Waals surface area contributed by atoms with Gasteiger partial charge in [0.05, 0.1) is 0 Å². The van der Waals surface area contributed by atoms with E-state index in [1.54, 1.807) is 11.9 Å². The van der Waals surface area contributed by atoms with Gasteiger partial charge in [0, 0.05) is 24.3 Å². The van der Waals surface area contributed by atoms with Gasteiger partial charge in [-0.25, -0.2) is 4.79 Å². The van der Waals surface area contributed by atoms with Gasteiger partial charge in [0.25, 0.3) is 0 Å². The van der Waals surface area contributed by atoms with Crippen molar-refractivity contribution in [1.82, 2.24) is 4.90 Å². The van der Waals surface area contributed by atoms with Crippen LogP contribution in [0.15, 0.2) is 48.5 Å². The Morgan fingerprint density at radius 2 is 1.70 bits per heavy atom. The lowest BCUT2D eigenvalue weighted by molar-refractivity contribution is 0.220. The molecule has 20 heavy (non-hydrogen) atoms. The van der Waals surface area contributed by atoms with Gasteiger partial charge in [0.2, 0.25) is 0 Å². The first-order valence-electron chi connectivity index (χ1n) is 6.38. The van der Waals surface area contributed by atoms with Crippen LogP contribution in [0.5, 0.6) is 0 Å². The highest BCUT2D eigenvalue weighted by Crippen LogP contribution is 2.13. The fraction of sp³-hybridized carbons (Fsp3) is 0.188. The lowest BCUT2D eigenvalue weighted by atomic mass is 10.2. The Morgan fingerprint density at radius 3 is 2.30 bits per heavy atom. The van der Waals surface area contributed by atoms with E-state index >= 15 is 0 Å². The van der Waals surface area contributed by atoms with Crippen molar-refractivity contribution in [3.05, 3.63) is 64.7 Å². The number of carbonyl (C=O) groups excluding carboxylic acids is 1. The number of nitrogens with zero attached hydrogens (tertiary/aromatic N) is 1. The minimum absolute atomic E-state index is 0.135. The Hall–Kier alpha value is -2.00. The molecule has 0 saturated carbocycles. The van der Waals surface area contributed by atoms with E-state index in [0.29, 0.717) is 11.6 Å². The maximum Gasteiger partial charge on any atom is 0.321 e. The molecule has 1 N–H and O–H groups in total. The lowest BCUT2D eigenvalue weighted by Gasteiger charge is -2.18. The highest BCUT2D eigenvalue weighted by atomic mass is 35.5. The van der Waals surface area contributed by atoms with Crippen molar-refractivity contribution in [3.8, 4) is 0 Å². The van der Waals surface area contributed by atoms with Crippen molar-refractivity contribution in [2.75, 3.05) is 12.4 Å². The third-order valence-electron chi connectivity index (χ3n) is 2.98. The summed E-state index contributed by atoms with van der Waals surface area (Å²) in [6, 6.07) is 15.1. The van der Waals surface area contributed by atoms with Crippen LogP contribution in [0.3, 0.4) is 0 Å². The molecule has 104 valence electrons. The zero-order chi connectivity index (χ0) is 14.5. The summed E-state index contributed by atoms with van der Waals surface area (Å²) < 4.78 is 0. The summed E-state index contributed by atoms with van der Waals surface area (Å²) in [4.78, 5) is 13.7. The Kier molecular flexibility index (Phi) is 4.64. The van der Waals surface area contributed by atoms with Gasteiger partial charge in [0.1, 0.15) is 0 Å². The van der Waals surface area contributed by atoms with E-state index in [-0.39, 0.29) is 6.03 Å². The third-order valence-corrected chi connectivity index (χ3v) is 3.23. The first-order valence-corrected chi connectivity index (χ1v) is 6.75. The normalized spacial score (nSPS) is 10.2. The van der Waals surface area contributed by atoms with Gasteiger partial charge in [0.15, 0.2) is 0 Å². The summed E-state index contributed by atoms with van der Waals surface area (Å²) >= 11 is 5.84. The van der Waals surface area contributed by atoms with Gasteiger partial charge in [-0.15, -0.1) is 0 Å². The van der Waals surface area contributed by atoms with Crippen molar-refractivity contribution in [1.29, 1.82) is 0 Å². The summed E-state index contributed by atoms with van der Waals surface area (Å²) in [7, 11) is 1.76. The van der Waals surface area contributed by atoms with Crippen LogP contribution in [0.1, 0.15) is 11.1 Å². The van der Waals surface area contributed by atoms with Crippen molar-refractivity contribution in [2.45, 2.75) is 13.5 Å². The van der Waals surface area contributed by atoms with E-state index in [1.807, 2.05) is 55.5 Å². The quantitative estimate of drug-likeness (QED) is 0.896. The number of nitrogens with one attached hydrogen (secondary N) is 1. The second-order valence-electron chi connectivity index (χ2n) is 4.78. The Labute approximate surface area is 124 Å². The average molecular weight is 289 g/mol. The Bertz CT molecular complexity index is 578. The number of halogens is 1. The molecule has 0 aliphatic heterocycles. The minimum Gasteiger partial charge on any atom is -0.323 e. The Balaban J connectivity index is 1.94. The van der Waals surface area contributed by atoms with E-state index in [0.717, 1.165) is 16.8 Å². The predicted molar refractivity (Wildman–Crippen MR) is 83.1 cm³/mol. The van der Waals surface area contributed by atoms with E-state index < -0.39 is 0 Å². The predicted octanol–water partition coefficient (Wildman–Crippen LogP) is 4.31. The zero-order valence-electron chi connectivity index (χ0n) is 11.6. The summed E-state index contributed by atoms with van der Waals surface area (Å²) in [5.41, 5.74) is 3.00. The maximum absolute atomic E-state index is 12.1. The van der Waals surface area contributed by atoms with Gasteiger partial charge in [-0.3, -0.25) is 0 Å². The van der Waals surface area contributed by atoms with Crippen LogP contribution >= 0.6 is 11.6 Å². The second-order valence-corrected chi connectivity index (χ2v) is 5.22. The number of anilines is 1. The van der Waals surface area contributed by atoms with Crippen LogP contribution in [-0.2, 0) is 6.54 Å². The average Bonchev–Trinajstić information content (AvgIpc) is 2.44. The molecule has 4 heteroatoms. The molecule has 0 bridgehead atoms. The topological polar surface area (TPSA) is 32.3 Å². The molecule has 2 aromatic carbocycles. The molecule has 0 aromatic heterocycles. The summed E-state index contributed by atoms with van der Waals surface area (Å²) in [6.07, 6.45) is 0. The summed E-state index contributed by atoms with van der Waals surface area (Å²) in [6.45, 7) is 2.55. The Morgan fingerprint density at radius 1 is 1.10 bits per heavy atom. The molecule has 2 rings (SSSR count). The highest BCUT2D eigenvalue weighted by molar-refractivity contribution is 6.30. The van der Waals surface area contributed by atoms with Crippen molar-refractivity contribution >= 4 is 23.3 Å². The monoisotopic (exact) mass is 288 g/mol. The molecular weight excluding hydrogens is 272 g/mol. The molecule has 0 heterocycles. The number of carbonyl (C=O) groups is 1. The number of hydrogen-bond acceptors (Lipinski definition) is 1. The smallest absolute Gasteiger partial charge is 0.321 e. The zero-order valence-corrected chi connectivity index (χ0v) is 12.3. The SMILES string of the molecule is Cc1ccc(NC(=O)N(C)Cc2ccc(Cl)cc2)cc1. The molecule has 0 spiro atoms. The van der Waals surface area contributed by atoms with Crippen LogP contribution in [0, 0.1) is 6.92 Å². The van der Waals surface area contributed by atoms with Crippen LogP contribution < -0.4 is 5.32 Å². The minimum atomic E-state index is -0.135. The molecule has 0 atom stereocenters. The highest BCUT2D eigenvalue weighted by Gasteiger charge is 2.09. The lowest BCUT2D eigenvalue weighted by Crippen LogP contribution is -2.30. The van der Waals surface area contributed by atoms with E-state index in [9.17, 15) is 4.79 Å². The first-order chi connectivity index (χ1) is 9.54. The van der Waals surface area contributed by atoms with Gasteiger partial charge in [-0.2, -0.15) is 0 Å². The van der Waals surface area contributed by atoms with Gasteiger partial charge in [-0.05, 0) is 36.8 Å². The largest absolute Gasteiger partial charge is 0.323 e. The third kappa shape index (κ3) is 4.00. The molecule has 2 amide bonds. The molecule has 3 nitrogen and oxygen atoms in total. The molecule has 0 saturated heterocycles. The maximum atomic E-state index is 12.1. The first kappa shape index (κ1) is 14.4. The fourth-order valence-electron chi connectivity index (χ4n) is 1.79. The van der Waals surface area contributed by atoms with E-state index in [1.165, 1.54) is 0 Å². The standard InChI is InChI=1S/C16H17ClN2O/c1-12-3-9-15(10-4-12)18-16(20)19(2)11-13-5-7-14(17)8-6-13/h3-10H,11H2,1-2H3,(H,18,20). The van der Waals surface area contributed by atoms with Crippen LogP contribution in [0.25, 0.3) is 0 Å². The number of benzene rings is 2. The molecule has 0 aliphatic rings. The fourth-order valence-corrected chi connectivity index (χ4v) is 1.92. The summed E-state index contributed by atoms with van der Waals surface area (Å²) in [5.74, 6) is 0. The second kappa shape index (κ2) is 6.44. The van der Waals surface area contributed by atoms with Crippen LogP contribution in [0.2, 0.25) is 5.02 Å². The van der Waals surface area contributed by atoms with Crippen molar-refractivity contribution in [2.24, 2.45) is 0 Å².